The number of benzene rings is 1. The van der Waals surface area contributed by atoms with Gasteiger partial charge in [-0.05, 0) is 70.1 Å². The lowest BCUT2D eigenvalue weighted by molar-refractivity contribution is -0.181. The second-order valence-electron chi connectivity index (χ2n) is 14.3. The molecule has 6 rings (SSSR count). The zero-order valence-electron chi connectivity index (χ0n) is 25.0. The molecule has 5 aliphatic rings. The summed E-state index contributed by atoms with van der Waals surface area (Å²) >= 11 is 0. The second kappa shape index (κ2) is 9.03. The van der Waals surface area contributed by atoms with Crippen LogP contribution in [0.15, 0.2) is 53.6 Å². The Balaban J connectivity index is 1.75. The fraction of sp³-hybridized carbons (Fsp3) is 0.571. The molecule has 1 aromatic rings. The number of allylic oxidation sites excluding steroid dienone is 4. The lowest BCUT2D eigenvalue weighted by Crippen LogP contribution is -2.75. The Kier molecular flexibility index (Phi) is 6.45. The number of rotatable bonds is 7. The predicted octanol–water partition coefficient (Wildman–Crippen LogP) is 6.70. The molecule has 5 saturated carbocycles. The Labute approximate surface area is 237 Å². The summed E-state index contributed by atoms with van der Waals surface area (Å²) in [5.74, 6) is -2.97. The molecule has 5 nitrogen and oxygen atoms in total. The number of Topliss-reactive ketones (excluding diaryl/α,β-unsaturated/α-hetero) is 5. The van der Waals surface area contributed by atoms with Gasteiger partial charge in [-0.3, -0.25) is 24.0 Å². The monoisotopic (exact) mass is 542 g/mol. The largest absolute Gasteiger partial charge is 0.299 e. The van der Waals surface area contributed by atoms with Crippen LogP contribution in [0.5, 0.6) is 0 Å². The summed E-state index contributed by atoms with van der Waals surface area (Å²) in [4.78, 5) is 73.1. The van der Waals surface area contributed by atoms with Crippen LogP contribution >= 0.6 is 0 Å². The minimum absolute atomic E-state index is 0.127. The van der Waals surface area contributed by atoms with Gasteiger partial charge in [0.05, 0.1) is 5.41 Å². The van der Waals surface area contributed by atoms with Crippen LogP contribution in [0.1, 0.15) is 97.3 Å². The Morgan fingerprint density at radius 2 is 1.55 bits per heavy atom. The lowest BCUT2D eigenvalue weighted by Gasteiger charge is -2.60. The number of carbonyl (C=O) groups excluding carboxylic acids is 5. The highest BCUT2D eigenvalue weighted by molar-refractivity contribution is 6.43. The third-order valence-corrected chi connectivity index (χ3v) is 11.4. The van der Waals surface area contributed by atoms with Crippen LogP contribution in [0, 0.1) is 38.9 Å². The molecular weight excluding hydrogens is 500 g/mol. The highest BCUT2D eigenvalue weighted by Gasteiger charge is 2.86. The molecule has 0 amide bonds. The highest BCUT2D eigenvalue weighted by atomic mass is 16.2. The molecule has 5 heteroatoms. The Hall–Kier alpha value is -2.95. The van der Waals surface area contributed by atoms with Gasteiger partial charge in [0.2, 0.25) is 0 Å². The first-order valence-corrected chi connectivity index (χ1v) is 14.7. The Morgan fingerprint density at radius 1 is 0.900 bits per heavy atom. The first-order chi connectivity index (χ1) is 18.6. The fourth-order valence-corrected chi connectivity index (χ4v) is 8.84. The van der Waals surface area contributed by atoms with Crippen LogP contribution in [-0.2, 0) is 19.2 Å². The molecule has 5 unspecified atom stereocenters. The van der Waals surface area contributed by atoms with Gasteiger partial charge in [-0.2, -0.15) is 0 Å². The van der Waals surface area contributed by atoms with Crippen LogP contribution in [0.25, 0.3) is 0 Å². The van der Waals surface area contributed by atoms with Crippen LogP contribution in [0.3, 0.4) is 0 Å². The van der Waals surface area contributed by atoms with E-state index in [1.807, 2.05) is 40.7 Å². The number of carbonyl (C=O) groups is 5. The standard InChI is InChI=1S/C35H42O5/c1-21(2)12-11-13-22(3)16-17-33-19-24-18-25-31(4,5)26(36)20-34(25,28(33)38)30(40)35(29(33)39,32(24,6)7)27(37)23-14-9-8-10-15-23/h8-10,12,14-16,24-25H,11,13,17-20H2,1-7H3. The molecular formula is C35H42O5. The Bertz CT molecular complexity index is 1390. The molecule has 1 aromatic carbocycles. The summed E-state index contributed by atoms with van der Waals surface area (Å²) < 4.78 is 0. The molecule has 5 aliphatic carbocycles. The van der Waals surface area contributed by atoms with E-state index in [0.717, 1.165) is 18.4 Å². The molecule has 5 fully saturated rings. The van der Waals surface area contributed by atoms with Gasteiger partial charge >= 0.3 is 0 Å². The molecule has 0 aliphatic heterocycles. The normalized spacial score (nSPS) is 35.5. The molecule has 0 radical (unpaired) electrons. The maximum Gasteiger partial charge on any atom is 0.184 e. The van der Waals surface area contributed by atoms with Crippen molar-refractivity contribution in [3.8, 4) is 0 Å². The van der Waals surface area contributed by atoms with Gasteiger partial charge in [0.15, 0.2) is 28.5 Å². The van der Waals surface area contributed by atoms with Crippen molar-refractivity contribution < 1.29 is 24.0 Å². The maximum atomic E-state index is 15.1. The fourth-order valence-electron chi connectivity index (χ4n) is 8.84. The highest BCUT2D eigenvalue weighted by Crippen LogP contribution is 2.75. The van der Waals surface area contributed by atoms with Crippen molar-refractivity contribution in [2.75, 3.05) is 0 Å². The van der Waals surface area contributed by atoms with Gasteiger partial charge in [0, 0.05) is 17.4 Å². The summed E-state index contributed by atoms with van der Waals surface area (Å²) in [6.45, 7) is 13.5. The summed E-state index contributed by atoms with van der Waals surface area (Å²) in [6, 6.07) is 8.54. The summed E-state index contributed by atoms with van der Waals surface area (Å²) in [7, 11) is 0. The van der Waals surface area contributed by atoms with Crippen molar-refractivity contribution in [2.45, 2.75) is 87.0 Å². The zero-order valence-corrected chi connectivity index (χ0v) is 25.0. The van der Waals surface area contributed by atoms with E-state index in [9.17, 15) is 19.2 Å². The van der Waals surface area contributed by atoms with E-state index < -0.39 is 56.1 Å². The van der Waals surface area contributed by atoms with E-state index in [1.54, 1.807) is 30.3 Å². The molecule has 1 spiro atoms. The third kappa shape index (κ3) is 3.36. The number of ketones is 5. The molecule has 0 saturated heterocycles. The van der Waals surface area contributed by atoms with Crippen LogP contribution < -0.4 is 0 Å². The van der Waals surface area contributed by atoms with E-state index in [2.05, 4.69) is 19.9 Å². The van der Waals surface area contributed by atoms with Crippen LogP contribution in [0.2, 0.25) is 0 Å². The van der Waals surface area contributed by atoms with E-state index in [1.165, 1.54) is 5.57 Å². The average Bonchev–Trinajstić information content (AvgIpc) is 3.00. The molecule has 212 valence electrons. The van der Waals surface area contributed by atoms with Crippen molar-refractivity contribution in [1.29, 1.82) is 0 Å². The average molecular weight is 543 g/mol. The first kappa shape index (κ1) is 28.6. The van der Waals surface area contributed by atoms with Gasteiger partial charge < -0.3 is 0 Å². The molecule has 0 aromatic heterocycles. The van der Waals surface area contributed by atoms with Gasteiger partial charge in [0.25, 0.3) is 0 Å². The lowest BCUT2D eigenvalue weighted by atomic mass is 9.37. The van der Waals surface area contributed by atoms with E-state index in [-0.39, 0.29) is 24.5 Å². The van der Waals surface area contributed by atoms with Crippen LogP contribution in [0.4, 0.5) is 0 Å². The van der Waals surface area contributed by atoms with E-state index in [4.69, 9.17) is 0 Å². The maximum absolute atomic E-state index is 15.1. The van der Waals surface area contributed by atoms with Crippen molar-refractivity contribution in [3.63, 3.8) is 0 Å². The van der Waals surface area contributed by atoms with E-state index in [0.29, 0.717) is 18.4 Å². The summed E-state index contributed by atoms with van der Waals surface area (Å²) in [6.07, 6.45) is 6.54. The molecule has 0 N–H and O–H groups in total. The van der Waals surface area contributed by atoms with Crippen molar-refractivity contribution in [3.05, 3.63) is 59.2 Å². The number of hydrogen-bond acceptors (Lipinski definition) is 5. The van der Waals surface area contributed by atoms with Crippen LogP contribution in [-0.4, -0.2) is 28.9 Å². The minimum atomic E-state index is -2.01. The van der Waals surface area contributed by atoms with Gasteiger partial charge in [-0.1, -0.05) is 81.3 Å². The minimum Gasteiger partial charge on any atom is -0.299 e. The topological polar surface area (TPSA) is 85.3 Å². The predicted molar refractivity (Wildman–Crippen MR) is 154 cm³/mol. The zero-order chi connectivity index (χ0) is 29.5. The van der Waals surface area contributed by atoms with Gasteiger partial charge in [0.1, 0.15) is 11.2 Å². The van der Waals surface area contributed by atoms with E-state index >= 15 is 4.79 Å². The van der Waals surface area contributed by atoms with Crippen molar-refractivity contribution >= 4 is 28.9 Å². The SMILES string of the molecule is CC(C)=CCCC(C)=CCC12CC3CC4C(C)(C)C(=O)CC4(C1=O)C(=O)C(C(=O)c1ccccc1)(C2=O)C3(C)C. The molecule has 40 heavy (non-hydrogen) atoms. The smallest absolute Gasteiger partial charge is 0.184 e. The number of hydrogen-bond donors (Lipinski definition) is 0. The third-order valence-electron chi connectivity index (χ3n) is 11.4. The quantitative estimate of drug-likeness (QED) is 0.217. The summed E-state index contributed by atoms with van der Waals surface area (Å²) in [5, 5.41) is 0. The Morgan fingerprint density at radius 3 is 2.17 bits per heavy atom. The first-order valence-electron chi connectivity index (χ1n) is 14.7. The molecule has 0 heterocycles. The second-order valence-corrected chi connectivity index (χ2v) is 14.3. The van der Waals surface area contributed by atoms with Gasteiger partial charge in [-0.15, -0.1) is 0 Å². The molecule has 4 bridgehead atoms. The molecule has 5 atom stereocenters. The summed E-state index contributed by atoms with van der Waals surface area (Å²) in [5.41, 5.74) is -4.45. The van der Waals surface area contributed by atoms with Crippen molar-refractivity contribution in [2.24, 2.45) is 38.9 Å². The van der Waals surface area contributed by atoms with Crippen molar-refractivity contribution in [1.82, 2.24) is 0 Å². The van der Waals surface area contributed by atoms with Gasteiger partial charge in [-0.25, -0.2) is 0 Å².